The number of carbonyl (C=O) groups excluding carboxylic acids is 2. The fraction of sp³-hybridized carbons (Fsp3) is 0.389. The molecule has 1 heterocycles. The highest BCUT2D eigenvalue weighted by Gasteiger charge is 2.21. The molecule has 2 rings (SSSR count). The van der Waals surface area contributed by atoms with Gasteiger partial charge in [-0.05, 0) is 38.1 Å². The zero-order valence-corrected chi connectivity index (χ0v) is 15.2. The van der Waals surface area contributed by atoms with Crippen LogP contribution in [-0.2, 0) is 20.7 Å². The summed E-state index contributed by atoms with van der Waals surface area (Å²) in [7, 11) is 1.30. The summed E-state index contributed by atoms with van der Waals surface area (Å²) in [6.45, 7) is 3.64. The Morgan fingerprint density at radius 2 is 1.96 bits per heavy atom. The molecule has 0 aliphatic carbocycles. The molecule has 134 valence electrons. The third-order valence-electron chi connectivity index (χ3n) is 3.71. The first kappa shape index (κ1) is 19.0. The van der Waals surface area contributed by atoms with Crippen LogP contribution in [0.15, 0.2) is 34.9 Å². The summed E-state index contributed by atoms with van der Waals surface area (Å²) in [5, 5.41) is 0.647. The van der Waals surface area contributed by atoms with Gasteiger partial charge in [-0.15, -0.1) is 0 Å². The summed E-state index contributed by atoms with van der Waals surface area (Å²) < 4.78 is 10.3. The average molecular weight is 365 g/mol. The van der Waals surface area contributed by atoms with E-state index in [1.54, 1.807) is 18.3 Å². The Hall–Kier alpha value is -2.34. The van der Waals surface area contributed by atoms with Crippen molar-refractivity contribution in [3.8, 4) is 11.3 Å². The molecule has 7 heteroatoms. The molecule has 25 heavy (non-hydrogen) atoms. The van der Waals surface area contributed by atoms with E-state index < -0.39 is 5.97 Å². The van der Waals surface area contributed by atoms with Crippen LogP contribution >= 0.6 is 11.6 Å². The van der Waals surface area contributed by atoms with E-state index in [4.69, 9.17) is 16.0 Å². The van der Waals surface area contributed by atoms with Crippen LogP contribution in [-0.4, -0.2) is 41.5 Å². The van der Waals surface area contributed by atoms with Crippen molar-refractivity contribution in [1.82, 2.24) is 9.88 Å². The van der Waals surface area contributed by atoms with E-state index in [1.807, 2.05) is 26.0 Å². The number of hydrogen-bond donors (Lipinski definition) is 0. The highest BCUT2D eigenvalue weighted by atomic mass is 35.5. The molecule has 1 aromatic heterocycles. The van der Waals surface area contributed by atoms with Crippen molar-refractivity contribution in [2.24, 2.45) is 0 Å². The quantitative estimate of drug-likeness (QED) is 0.704. The maximum Gasteiger partial charge on any atom is 0.325 e. The lowest BCUT2D eigenvalue weighted by molar-refractivity contribution is -0.148. The molecule has 1 aromatic carbocycles. The number of aromatic nitrogens is 1. The summed E-state index contributed by atoms with van der Waals surface area (Å²) in [4.78, 5) is 29.5. The SMILES string of the molecule is COC(=O)CN(C(=O)CCc1ncc(-c2ccc(Cl)cc2)o1)C(C)C. The number of benzene rings is 1. The predicted octanol–water partition coefficient (Wildman–Crippen LogP) is 3.34. The van der Waals surface area contributed by atoms with Crippen molar-refractivity contribution in [3.05, 3.63) is 41.4 Å². The molecule has 0 aliphatic rings. The topological polar surface area (TPSA) is 72.6 Å². The first-order valence-electron chi connectivity index (χ1n) is 7.97. The molecule has 0 radical (unpaired) electrons. The van der Waals surface area contributed by atoms with Crippen LogP contribution in [0, 0.1) is 0 Å². The molecule has 0 aliphatic heterocycles. The second kappa shape index (κ2) is 8.67. The zero-order valence-electron chi connectivity index (χ0n) is 14.5. The molecular formula is C18H21ClN2O4. The lowest BCUT2D eigenvalue weighted by Crippen LogP contribution is -2.41. The minimum Gasteiger partial charge on any atom is -0.468 e. The Morgan fingerprint density at radius 1 is 1.28 bits per heavy atom. The van der Waals surface area contributed by atoms with Gasteiger partial charge in [-0.1, -0.05) is 11.6 Å². The van der Waals surface area contributed by atoms with Crippen molar-refractivity contribution in [1.29, 1.82) is 0 Å². The van der Waals surface area contributed by atoms with Crippen molar-refractivity contribution < 1.29 is 18.7 Å². The van der Waals surface area contributed by atoms with Crippen molar-refractivity contribution in [2.45, 2.75) is 32.7 Å². The molecule has 0 saturated carbocycles. The van der Waals surface area contributed by atoms with Crippen molar-refractivity contribution >= 4 is 23.5 Å². The second-order valence-electron chi connectivity index (χ2n) is 5.82. The van der Waals surface area contributed by atoms with Gasteiger partial charge in [0.1, 0.15) is 6.54 Å². The standard InChI is InChI=1S/C18H21ClN2O4/c1-12(2)21(11-18(23)24-3)17(22)9-8-16-20-10-15(25-16)13-4-6-14(19)7-5-13/h4-7,10,12H,8-9,11H2,1-3H3. The minimum absolute atomic E-state index is 0.0609. The first-order valence-corrected chi connectivity index (χ1v) is 8.35. The molecule has 6 nitrogen and oxygen atoms in total. The molecule has 0 N–H and O–H groups in total. The Balaban J connectivity index is 1.97. The highest BCUT2D eigenvalue weighted by molar-refractivity contribution is 6.30. The summed E-state index contributed by atoms with van der Waals surface area (Å²) in [5.41, 5.74) is 0.865. The molecule has 2 aromatic rings. The number of ether oxygens (including phenoxy) is 1. The number of carbonyl (C=O) groups is 2. The van der Waals surface area contributed by atoms with Crippen LogP contribution in [0.2, 0.25) is 5.02 Å². The van der Waals surface area contributed by atoms with Gasteiger partial charge in [0.25, 0.3) is 0 Å². The van der Waals surface area contributed by atoms with E-state index in [-0.39, 0.29) is 24.9 Å². The number of halogens is 1. The Kier molecular flexibility index (Phi) is 6.58. The average Bonchev–Trinajstić information content (AvgIpc) is 3.06. The normalized spacial score (nSPS) is 10.8. The lowest BCUT2D eigenvalue weighted by atomic mass is 10.2. The Labute approximate surface area is 151 Å². The number of hydrogen-bond acceptors (Lipinski definition) is 5. The van der Waals surface area contributed by atoms with Gasteiger partial charge in [0.05, 0.1) is 13.3 Å². The molecule has 0 spiro atoms. The summed E-state index contributed by atoms with van der Waals surface area (Å²) >= 11 is 5.87. The van der Waals surface area contributed by atoms with E-state index >= 15 is 0 Å². The number of rotatable bonds is 7. The van der Waals surface area contributed by atoms with Crippen LogP contribution in [0.5, 0.6) is 0 Å². The largest absolute Gasteiger partial charge is 0.468 e. The number of methoxy groups -OCH3 is 1. The third kappa shape index (κ3) is 5.32. The van der Waals surface area contributed by atoms with E-state index in [9.17, 15) is 9.59 Å². The van der Waals surface area contributed by atoms with Gasteiger partial charge in [0.2, 0.25) is 5.91 Å². The van der Waals surface area contributed by atoms with E-state index in [1.165, 1.54) is 12.0 Å². The molecule has 1 amide bonds. The molecule has 0 atom stereocenters. The first-order chi connectivity index (χ1) is 11.9. The second-order valence-corrected chi connectivity index (χ2v) is 6.25. The summed E-state index contributed by atoms with van der Waals surface area (Å²) in [6, 6.07) is 7.13. The van der Waals surface area contributed by atoms with Gasteiger partial charge in [-0.3, -0.25) is 9.59 Å². The minimum atomic E-state index is -0.441. The monoisotopic (exact) mass is 364 g/mol. The van der Waals surface area contributed by atoms with Gasteiger partial charge >= 0.3 is 5.97 Å². The fourth-order valence-electron chi connectivity index (χ4n) is 2.29. The van der Waals surface area contributed by atoms with Crippen LogP contribution in [0.3, 0.4) is 0 Å². The molecule has 0 fully saturated rings. The van der Waals surface area contributed by atoms with E-state index in [0.717, 1.165) is 5.56 Å². The molecule has 0 bridgehead atoms. The van der Waals surface area contributed by atoms with Crippen molar-refractivity contribution in [2.75, 3.05) is 13.7 Å². The van der Waals surface area contributed by atoms with Crippen LogP contribution in [0.4, 0.5) is 0 Å². The number of aryl methyl sites for hydroxylation is 1. The molecule has 0 unspecified atom stereocenters. The highest BCUT2D eigenvalue weighted by Crippen LogP contribution is 2.22. The Bertz CT molecular complexity index is 725. The summed E-state index contributed by atoms with van der Waals surface area (Å²) in [5.74, 6) is 0.504. The maximum atomic E-state index is 12.4. The van der Waals surface area contributed by atoms with E-state index in [0.29, 0.717) is 23.1 Å². The zero-order chi connectivity index (χ0) is 18.4. The van der Waals surface area contributed by atoms with Crippen molar-refractivity contribution in [3.63, 3.8) is 0 Å². The van der Waals surface area contributed by atoms with Crippen LogP contribution < -0.4 is 0 Å². The van der Waals surface area contributed by atoms with Gasteiger partial charge in [0.15, 0.2) is 11.7 Å². The molecule has 0 saturated heterocycles. The van der Waals surface area contributed by atoms with Crippen LogP contribution in [0.25, 0.3) is 11.3 Å². The number of esters is 1. The Morgan fingerprint density at radius 3 is 2.56 bits per heavy atom. The maximum absolute atomic E-state index is 12.4. The number of oxazole rings is 1. The summed E-state index contributed by atoms with van der Waals surface area (Å²) in [6.07, 6.45) is 2.18. The van der Waals surface area contributed by atoms with E-state index in [2.05, 4.69) is 9.72 Å². The number of amides is 1. The van der Waals surface area contributed by atoms with Crippen LogP contribution in [0.1, 0.15) is 26.2 Å². The number of nitrogens with zero attached hydrogens (tertiary/aromatic N) is 2. The predicted molar refractivity (Wildman–Crippen MR) is 94.1 cm³/mol. The van der Waals surface area contributed by atoms with Gasteiger partial charge in [0, 0.05) is 29.5 Å². The smallest absolute Gasteiger partial charge is 0.325 e. The lowest BCUT2D eigenvalue weighted by Gasteiger charge is -2.25. The van der Waals surface area contributed by atoms with Gasteiger partial charge < -0.3 is 14.1 Å². The van der Waals surface area contributed by atoms with Gasteiger partial charge in [-0.2, -0.15) is 0 Å². The molecular weight excluding hydrogens is 344 g/mol. The third-order valence-corrected chi connectivity index (χ3v) is 3.96. The fourth-order valence-corrected chi connectivity index (χ4v) is 2.42. The van der Waals surface area contributed by atoms with Gasteiger partial charge in [-0.25, -0.2) is 4.98 Å².